The van der Waals surface area contributed by atoms with E-state index < -0.39 is 0 Å². The topological polar surface area (TPSA) is 84.8 Å². The molecular weight excluding hydrogens is 408 g/mol. The quantitative estimate of drug-likeness (QED) is 0.567. The third kappa shape index (κ3) is 5.66. The molecule has 1 fully saturated rings. The molecule has 4 rings (SSSR count). The number of nitrogens with one attached hydrogen (secondary N) is 2. The van der Waals surface area contributed by atoms with Gasteiger partial charge in [-0.05, 0) is 42.5 Å². The summed E-state index contributed by atoms with van der Waals surface area (Å²) < 4.78 is 13.0. The van der Waals surface area contributed by atoms with E-state index in [4.69, 9.17) is 9.47 Å². The first-order valence-corrected chi connectivity index (χ1v) is 10.8. The van der Waals surface area contributed by atoms with E-state index in [0.717, 1.165) is 55.2 Å². The fourth-order valence-electron chi connectivity index (χ4n) is 3.77. The number of anilines is 2. The third-order valence-electron chi connectivity index (χ3n) is 5.36. The number of ether oxygens (including phenoxy) is 2. The molecular formula is C24H28N4O4. The van der Waals surface area contributed by atoms with Gasteiger partial charge in [-0.25, -0.2) is 0 Å². The fourth-order valence-corrected chi connectivity index (χ4v) is 3.77. The Morgan fingerprint density at radius 3 is 2.56 bits per heavy atom. The summed E-state index contributed by atoms with van der Waals surface area (Å²) in [6, 6.07) is 14.9. The molecule has 2 amide bonds. The maximum atomic E-state index is 12.6. The zero-order valence-corrected chi connectivity index (χ0v) is 18.2. The number of hydrogen-bond donors (Lipinski definition) is 2. The third-order valence-corrected chi connectivity index (χ3v) is 5.36. The van der Waals surface area contributed by atoms with Crippen LogP contribution in [0, 0.1) is 0 Å². The molecule has 0 unspecified atom stereocenters. The molecule has 2 aromatic carbocycles. The molecule has 0 bridgehead atoms. The van der Waals surface area contributed by atoms with Crippen molar-refractivity contribution in [2.75, 3.05) is 50.1 Å². The molecule has 3 aromatic rings. The van der Waals surface area contributed by atoms with Gasteiger partial charge in [0.2, 0.25) is 11.8 Å². The summed E-state index contributed by atoms with van der Waals surface area (Å²) in [5.74, 6) is 0.517. The number of benzene rings is 2. The summed E-state index contributed by atoms with van der Waals surface area (Å²) in [4.78, 5) is 26.3. The number of rotatable bonds is 8. The lowest BCUT2D eigenvalue weighted by molar-refractivity contribution is -0.116. The van der Waals surface area contributed by atoms with Crippen LogP contribution in [-0.4, -0.2) is 60.7 Å². The predicted octanol–water partition coefficient (Wildman–Crippen LogP) is 2.95. The van der Waals surface area contributed by atoms with E-state index in [9.17, 15) is 9.59 Å². The number of hydrogen-bond acceptors (Lipinski definition) is 5. The van der Waals surface area contributed by atoms with Crippen LogP contribution < -0.4 is 15.4 Å². The number of carbonyl (C=O) groups is 2. The molecule has 1 aliphatic heterocycles. The van der Waals surface area contributed by atoms with Gasteiger partial charge in [0, 0.05) is 43.8 Å². The average Bonchev–Trinajstić information content (AvgIpc) is 3.19. The van der Waals surface area contributed by atoms with Gasteiger partial charge in [-0.1, -0.05) is 6.07 Å². The van der Waals surface area contributed by atoms with Crippen molar-refractivity contribution in [3.05, 3.63) is 54.7 Å². The Hall–Kier alpha value is -3.36. The minimum absolute atomic E-state index is 0.128. The highest BCUT2D eigenvalue weighted by atomic mass is 16.5. The largest absolute Gasteiger partial charge is 0.492 e. The van der Waals surface area contributed by atoms with Gasteiger partial charge in [0.25, 0.3) is 0 Å². The number of carbonyl (C=O) groups excluding carboxylic acids is 2. The van der Waals surface area contributed by atoms with Crippen LogP contribution in [0.1, 0.15) is 6.92 Å². The van der Waals surface area contributed by atoms with Gasteiger partial charge in [0.15, 0.2) is 0 Å². The zero-order chi connectivity index (χ0) is 22.3. The summed E-state index contributed by atoms with van der Waals surface area (Å²) >= 11 is 0. The minimum Gasteiger partial charge on any atom is -0.492 e. The number of amides is 2. The summed E-state index contributed by atoms with van der Waals surface area (Å²) in [6.45, 7) is 6.59. The summed E-state index contributed by atoms with van der Waals surface area (Å²) in [5, 5.41) is 6.64. The van der Waals surface area contributed by atoms with E-state index in [1.165, 1.54) is 6.92 Å². The Labute approximate surface area is 187 Å². The SMILES string of the molecule is CC(=O)Nc1cccc2c1ccn2CC(=O)Nc1ccc(OCCN2CCOCC2)cc1. The van der Waals surface area contributed by atoms with Crippen molar-refractivity contribution in [3.8, 4) is 5.75 Å². The highest BCUT2D eigenvalue weighted by molar-refractivity contribution is 6.01. The second-order valence-corrected chi connectivity index (χ2v) is 7.74. The standard InChI is InChI=1S/C24H28N4O4/c1-18(29)25-22-3-2-4-23-21(22)9-10-28(23)17-24(30)26-19-5-7-20(8-6-19)32-16-13-27-11-14-31-15-12-27/h2-10H,11-17H2,1H3,(H,25,29)(H,26,30). The van der Waals surface area contributed by atoms with Gasteiger partial charge >= 0.3 is 0 Å². The van der Waals surface area contributed by atoms with E-state index in [-0.39, 0.29) is 18.4 Å². The van der Waals surface area contributed by atoms with Crippen LogP contribution in [0.25, 0.3) is 10.9 Å². The number of aromatic nitrogens is 1. The number of fused-ring (bicyclic) bond motifs is 1. The van der Waals surface area contributed by atoms with Crippen molar-refractivity contribution in [2.45, 2.75) is 13.5 Å². The van der Waals surface area contributed by atoms with Gasteiger partial charge in [0.1, 0.15) is 18.9 Å². The van der Waals surface area contributed by atoms with Gasteiger partial charge in [0.05, 0.1) is 24.4 Å². The first-order valence-electron chi connectivity index (χ1n) is 10.8. The molecule has 1 aliphatic rings. The molecule has 8 nitrogen and oxygen atoms in total. The highest BCUT2D eigenvalue weighted by Crippen LogP contribution is 2.25. The molecule has 0 atom stereocenters. The Kier molecular flexibility index (Phi) is 7.03. The molecule has 0 aliphatic carbocycles. The Morgan fingerprint density at radius 1 is 1.03 bits per heavy atom. The Bertz CT molecular complexity index is 1070. The molecule has 168 valence electrons. The summed E-state index contributed by atoms with van der Waals surface area (Å²) in [7, 11) is 0. The lowest BCUT2D eigenvalue weighted by Crippen LogP contribution is -2.38. The van der Waals surface area contributed by atoms with E-state index in [1.807, 2.05) is 59.3 Å². The normalized spacial score (nSPS) is 14.3. The van der Waals surface area contributed by atoms with E-state index >= 15 is 0 Å². The zero-order valence-electron chi connectivity index (χ0n) is 18.2. The van der Waals surface area contributed by atoms with E-state index in [0.29, 0.717) is 12.3 Å². The minimum atomic E-state index is -0.131. The summed E-state index contributed by atoms with van der Waals surface area (Å²) in [5.41, 5.74) is 2.33. The number of morpholine rings is 1. The molecule has 8 heteroatoms. The second kappa shape index (κ2) is 10.3. The van der Waals surface area contributed by atoms with Crippen molar-refractivity contribution < 1.29 is 19.1 Å². The van der Waals surface area contributed by atoms with Crippen LogP contribution in [0.5, 0.6) is 5.75 Å². The molecule has 1 saturated heterocycles. The van der Waals surface area contributed by atoms with Crippen LogP contribution in [0.3, 0.4) is 0 Å². The van der Waals surface area contributed by atoms with Crippen molar-refractivity contribution in [2.24, 2.45) is 0 Å². The van der Waals surface area contributed by atoms with Crippen LogP contribution in [0.4, 0.5) is 11.4 Å². The number of nitrogens with zero attached hydrogens (tertiary/aromatic N) is 2. The van der Waals surface area contributed by atoms with Gasteiger partial charge < -0.3 is 24.7 Å². The van der Waals surface area contributed by atoms with Crippen LogP contribution in [0.15, 0.2) is 54.7 Å². The molecule has 2 N–H and O–H groups in total. The van der Waals surface area contributed by atoms with E-state index in [1.54, 1.807) is 0 Å². The molecule has 0 spiro atoms. The molecule has 32 heavy (non-hydrogen) atoms. The highest BCUT2D eigenvalue weighted by Gasteiger charge is 2.11. The monoisotopic (exact) mass is 436 g/mol. The predicted molar refractivity (Wildman–Crippen MR) is 124 cm³/mol. The molecule has 0 saturated carbocycles. The lowest BCUT2D eigenvalue weighted by atomic mass is 10.2. The molecule has 2 heterocycles. The van der Waals surface area contributed by atoms with Gasteiger partial charge in [-0.15, -0.1) is 0 Å². The average molecular weight is 437 g/mol. The van der Waals surface area contributed by atoms with Crippen LogP contribution in [-0.2, 0) is 20.9 Å². The first kappa shape index (κ1) is 21.9. The van der Waals surface area contributed by atoms with Crippen molar-refractivity contribution in [1.29, 1.82) is 0 Å². The van der Waals surface area contributed by atoms with Gasteiger partial charge in [-0.2, -0.15) is 0 Å². The van der Waals surface area contributed by atoms with Crippen molar-refractivity contribution in [3.63, 3.8) is 0 Å². The second-order valence-electron chi connectivity index (χ2n) is 7.74. The molecule has 1 aromatic heterocycles. The van der Waals surface area contributed by atoms with E-state index in [2.05, 4.69) is 15.5 Å². The maximum Gasteiger partial charge on any atom is 0.244 e. The lowest BCUT2D eigenvalue weighted by Gasteiger charge is -2.26. The Morgan fingerprint density at radius 2 is 1.81 bits per heavy atom. The smallest absolute Gasteiger partial charge is 0.244 e. The fraction of sp³-hybridized carbons (Fsp3) is 0.333. The van der Waals surface area contributed by atoms with Crippen molar-refractivity contribution >= 4 is 34.1 Å². The van der Waals surface area contributed by atoms with Crippen LogP contribution >= 0.6 is 0 Å². The maximum absolute atomic E-state index is 12.6. The first-order chi connectivity index (χ1) is 15.6. The van der Waals surface area contributed by atoms with Crippen molar-refractivity contribution in [1.82, 2.24) is 9.47 Å². The van der Waals surface area contributed by atoms with Gasteiger partial charge in [-0.3, -0.25) is 14.5 Å². The van der Waals surface area contributed by atoms with Crippen LogP contribution in [0.2, 0.25) is 0 Å². The molecule has 0 radical (unpaired) electrons. The summed E-state index contributed by atoms with van der Waals surface area (Å²) in [6.07, 6.45) is 1.85. The Balaban J connectivity index is 1.30.